The second-order valence-corrected chi connectivity index (χ2v) is 4.84. The smallest absolute Gasteiger partial charge is 0.340 e. The molecule has 0 heterocycles. The number of anilines is 1. The predicted molar refractivity (Wildman–Crippen MR) is 73.9 cm³/mol. The number of nitrogens with zero attached hydrogens (tertiary/aromatic N) is 3. The van der Waals surface area contributed by atoms with Gasteiger partial charge in [0.2, 0.25) is 5.71 Å². The van der Waals surface area contributed by atoms with Crippen molar-refractivity contribution in [2.45, 2.75) is 26.4 Å². The largest absolute Gasteiger partial charge is 0.456 e. The zero-order chi connectivity index (χ0) is 15.2. The van der Waals surface area contributed by atoms with E-state index in [0.717, 1.165) is 0 Å². The molecule has 0 saturated carbocycles. The Kier molecular flexibility index (Phi) is 4.82. The van der Waals surface area contributed by atoms with Crippen molar-refractivity contribution in [3.63, 3.8) is 0 Å². The third-order valence-electron chi connectivity index (χ3n) is 2.05. The van der Waals surface area contributed by atoms with Crippen molar-refractivity contribution in [1.29, 1.82) is 10.5 Å². The van der Waals surface area contributed by atoms with E-state index in [1.807, 2.05) is 0 Å². The Balaban J connectivity index is 3.01. The van der Waals surface area contributed by atoms with E-state index in [0.29, 0.717) is 5.69 Å². The average Bonchev–Trinajstić information content (AvgIpc) is 2.38. The minimum absolute atomic E-state index is 0.279. The summed E-state index contributed by atoms with van der Waals surface area (Å²) in [7, 11) is 0. The molecule has 102 valence electrons. The van der Waals surface area contributed by atoms with Crippen LogP contribution in [0.15, 0.2) is 29.4 Å². The SMILES string of the molecule is CC(C)(C)OC(=O)c1ccccc1NN=C(C#N)C#N. The summed E-state index contributed by atoms with van der Waals surface area (Å²) in [6, 6.07) is 9.80. The van der Waals surface area contributed by atoms with Crippen molar-refractivity contribution < 1.29 is 9.53 Å². The molecule has 1 N–H and O–H groups in total. The molecule has 0 aliphatic heterocycles. The number of nitrogens with one attached hydrogen (secondary N) is 1. The van der Waals surface area contributed by atoms with Crippen molar-refractivity contribution in [2.24, 2.45) is 5.10 Å². The summed E-state index contributed by atoms with van der Waals surface area (Å²) in [5.74, 6) is -0.508. The van der Waals surface area contributed by atoms with Gasteiger partial charge in [-0.3, -0.25) is 5.43 Å². The molecule has 1 aromatic carbocycles. The molecule has 0 fully saturated rings. The van der Waals surface area contributed by atoms with Crippen molar-refractivity contribution in [2.75, 3.05) is 5.43 Å². The van der Waals surface area contributed by atoms with Gasteiger partial charge in [0.05, 0.1) is 11.3 Å². The van der Waals surface area contributed by atoms with Gasteiger partial charge in [0.15, 0.2) is 0 Å². The third kappa shape index (κ3) is 4.43. The maximum absolute atomic E-state index is 12.0. The summed E-state index contributed by atoms with van der Waals surface area (Å²) in [6.45, 7) is 5.30. The molecule has 1 aromatic rings. The second-order valence-electron chi connectivity index (χ2n) is 4.84. The summed E-state index contributed by atoms with van der Waals surface area (Å²) in [5.41, 5.74) is 2.23. The first-order valence-corrected chi connectivity index (χ1v) is 5.83. The molecular formula is C14H14N4O2. The topological polar surface area (TPSA) is 98.3 Å². The Morgan fingerprint density at radius 3 is 2.40 bits per heavy atom. The number of benzene rings is 1. The van der Waals surface area contributed by atoms with Crippen LogP contribution in [-0.4, -0.2) is 17.3 Å². The van der Waals surface area contributed by atoms with Crippen molar-refractivity contribution in [3.05, 3.63) is 29.8 Å². The van der Waals surface area contributed by atoms with E-state index >= 15 is 0 Å². The van der Waals surface area contributed by atoms with Gasteiger partial charge in [-0.15, -0.1) is 0 Å². The fourth-order valence-electron chi connectivity index (χ4n) is 1.28. The van der Waals surface area contributed by atoms with Gasteiger partial charge in [0.25, 0.3) is 0 Å². The van der Waals surface area contributed by atoms with E-state index in [1.165, 1.54) is 0 Å². The molecule has 6 heteroatoms. The maximum atomic E-state index is 12.0. The minimum Gasteiger partial charge on any atom is -0.456 e. The van der Waals surface area contributed by atoms with Gasteiger partial charge in [-0.25, -0.2) is 4.79 Å². The van der Waals surface area contributed by atoms with E-state index in [-0.39, 0.29) is 11.3 Å². The molecule has 1 rings (SSSR count). The monoisotopic (exact) mass is 270 g/mol. The summed E-state index contributed by atoms with van der Waals surface area (Å²) in [6.07, 6.45) is 0. The molecule has 6 nitrogen and oxygen atoms in total. The molecule has 0 atom stereocenters. The molecule has 0 aliphatic rings. The number of carbonyl (C=O) groups excluding carboxylic acids is 1. The predicted octanol–water partition coefficient (Wildman–Crippen LogP) is 2.46. The molecule has 0 aromatic heterocycles. The van der Waals surface area contributed by atoms with Gasteiger partial charge in [0.1, 0.15) is 17.7 Å². The van der Waals surface area contributed by atoms with Crippen LogP contribution in [0, 0.1) is 22.7 Å². The summed E-state index contributed by atoms with van der Waals surface area (Å²) >= 11 is 0. The summed E-state index contributed by atoms with van der Waals surface area (Å²) < 4.78 is 5.27. The van der Waals surface area contributed by atoms with Crippen LogP contribution in [0.3, 0.4) is 0 Å². The number of rotatable bonds is 3. The number of hydrogen-bond acceptors (Lipinski definition) is 6. The molecule has 0 aliphatic carbocycles. The van der Waals surface area contributed by atoms with Crippen molar-refractivity contribution in [1.82, 2.24) is 0 Å². The zero-order valence-corrected chi connectivity index (χ0v) is 11.5. The van der Waals surface area contributed by atoms with Crippen LogP contribution in [-0.2, 0) is 4.74 Å². The molecule has 0 unspecified atom stereocenters. The molecule has 0 radical (unpaired) electrons. The van der Waals surface area contributed by atoms with Crippen LogP contribution < -0.4 is 5.43 Å². The number of nitriles is 2. The van der Waals surface area contributed by atoms with Gasteiger partial charge in [0, 0.05) is 0 Å². The lowest BCUT2D eigenvalue weighted by molar-refractivity contribution is 0.00707. The number of para-hydroxylation sites is 1. The Morgan fingerprint density at radius 2 is 1.85 bits per heavy atom. The Bertz CT molecular complexity index is 599. The Morgan fingerprint density at radius 1 is 1.25 bits per heavy atom. The van der Waals surface area contributed by atoms with Crippen LogP contribution >= 0.6 is 0 Å². The fourth-order valence-corrected chi connectivity index (χ4v) is 1.28. The molecule has 20 heavy (non-hydrogen) atoms. The molecular weight excluding hydrogens is 256 g/mol. The highest BCUT2D eigenvalue weighted by Gasteiger charge is 2.20. The standard InChI is InChI=1S/C14H14N4O2/c1-14(2,3)20-13(19)11-6-4-5-7-12(11)18-17-10(8-15)9-16/h4-7,18H,1-3H3. The van der Waals surface area contributed by atoms with Gasteiger partial charge in [-0.1, -0.05) is 12.1 Å². The van der Waals surface area contributed by atoms with Crippen LogP contribution in [0.4, 0.5) is 5.69 Å². The number of hydrazone groups is 1. The van der Waals surface area contributed by atoms with E-state index < -0.39 is 11.6 Å². The lowest BCUT2D eigenvalue weighted by atomic mass is 10.1. The first kappa shape index (κ1) is 15.2. The number of ether oxygens (including phenoxy) is 1. The first-order chi connectivity index (χ1) is 9.37. The van der Waals surface area contributed by atoms with Crippen LogP contribution in [0.2, 0.25) is 0 Å². The summed E-state index contributed by atoms with van der Waals surface area (Å²) in [4.78, 5) is 12.0. The molecule has 0 spiro atoms. The maximum Gasteiger partial charge on any atom is 0.340 e. The normalized spacial score (nSPS) is 9.85. The summed E-state index contributed by atoms with van der Waals surface area (Å²) in [5, 5.41) is 20.8. The van der Waals surface area contributed by atoms with E-state index in [9.17, 15) is 4.79 Å². The van der Waals surface area contributed by atoms with E-state index in [1.54, 1.807) is 57.2 Å². The van der Waals surface area contributed by atoms with Gasteiger partial charge in [-0.2, -0.15) is 15.6 Å². The fraction of sp³-hybridized carbons (Fsp3) is 0.286. The Labute approximate surface area is 117 Å². The lowest BCUT2D eigenvalue weighted by Gasteiger charge is -2.20. The zero-order valence-electron chi connectivity index (χ0n) is 11.5. The number of esters is 1. The average molecular weight is 270 g/mol. The number of hydrogen-bond donors (Lipinski definition) is 1. The third-order valence-corrected chi connectivity index (χ3v) is 2.05. The highest BCUT2D eigenvalue weighted by Crippen LogP contribution is 2.19. The number of carbonyl (C=O) groups is 1. The van der Waals surface area contributed by atoms with Gasteiger partial charge in [-0.05, 0) is 32.9 Å². The van der Waals surface area contributed by atoms with Gasteiger partial charge < -0.3 is 4.74 Å². The Hall–Kier alpha value is -2.86. The van der Waals surface area contributed by atoms with E-state index in [2.05, 4.69) is 10.5 Å². The molecule has 0 saturated heterocycles. The highest BCUT2D eigenvalue weighted by molar-refractivity contribution is 6.10. The minimum atomic E-state index is -0.613. The molecule has 0 bridgehead atoms. The van der Waals surface area contributed by atoms with Crippen LogP contribution in [0.25, 0.3) is 0 Å². The second kappa shape index (κ2) is 6.35. The highest BCUT2D eigenvalue weighted by atomic mass is 16.6. The van der Waals surface area contributed by atoms with Crippen LogP contribution in [0.5, 0.6) is 0 Å². The van der Waals surface area contributed by atoms with E-state index in [4.69, 9.17) is 15.3 Å². The quantitative estimate of drug-likeness (QED) is 0.516. The van der Waals surface area contributed by atoms with Gasteiger partial charge >= 0.3 is 5.97 Å². The van der Waals surface area contributed by atoms with Crippen molar-refractivity contribution in [3.8, 4) is 12.1 Å². The lowest BCUT2D eigenvalue weighted by Crippen LogP contribution is -2.24. The molecule has 0 amide bonds. The first-order valence-electron chi connectivity index (χ1n) is 5.83. The van der Waals surface area contributed by atoms with Crippen molar-refractivity contribution >= 4 is 17.4 Å². The van der Waals surface area contributed by atoms with Crippen LogP contribution in [0.1, 0.15) is 31.1 Å².